The summed E-state index contributed by atoms with van der Waals surface area (Å²) >= 11 is 0. The largest absolute Gasteiger partial charge is 0.527 e. The lowest BCUT2D eigenvalue weighted by atomic mass is 9.69. The molecular formula is C17H21FN5O6P. The first-order chi connectivity index (χ1) is 14.3. The Bertz CT molecular complexity index is 1030. The van der Waals surface area contributed by atoms with Crippen LogP contribution in [0.3, 0.4) is 0 Å². The monoisotopic (exact) mass is 441 g/mol. The number of nitrogen functional groups attached to an aromatic ring is 1. The fourth-order valence-corrected chi connectivity index (χ4v) is 4.62. The minimum Gasteiger partial charge on any atom is -0.404 e. The van der Waals surface area contributed by atoms with E-state index in [1.165, 1.54) is 12.1 Å². The number of aromatic nitrogens is 2. The van der Waals surface area contributed by atoms with E-state index in [9.17, 15) is 23.7 Å². The number of nitrogens with zero attached hydrogens (tertiary/aromatic N) is 2. The predicted molar refractivity (Wildman–Crippen MR) is 106 cm³/mol. The number of rotatable bonds is 7. The lowest BCUT2D eigenvalue weighted by Crippen LogP contribution is -2.55. The second-order valence-corrected chi connectivity index (χ2v) is 8.55. The van der Waals surface area contributed by atoms with Gasteiger partial charge in [0.05, 0.1) is 13.3 Å². The third-order valence-corrected chi connectivity index (χ3v) is 6.28. The highest BCUT2D eigenvalue weighted by molar-refractivity contribution is 7.47. The molecule has 0 amide bonds. The first-order valence-electron chi connectivity index (χ1n) is 9.21. The van der Waals surface area contributed by atoms with E-state index in [0.29, 0.717) is 24.6 Å². The Morgan fingerprint density at radius 3 is 2.80 bits per heavy atom. The maximum Gasteiger partial charge on any atom is 0.527 e. The standard InChI is InChI=1S/C17H21FN5O6P/c18-10-1-3-11(4-2-10)29-30(26,27)28-7-9-5-13(12(9)6-24)23-8-20-14-15(23)21-17(19)22-16(14)25/h1-4,9,12-13,20,24H,5-8H2,(H,26,27)(H3,19,21,22,25). The van der Waals surface area contributed by atoms with E-state index < -0.39 is 13.6 Å². The van der Waals surface area contributed by atoms with Crippen LogP contribution < -0.4 is 26.0 Å². The highest BCUT2D eigenvalue weighted by Gasteiger charge is 2.47. The Labute approximate surface area is 170 Å². The lowest BCUT2D eigenvalue weighted by molar-refractivity contribution is 0.0217. The number of aliphatic hydroxyl groups excluding tert-OH is 1. The molecule has 4 rings (SSSR count). The SMILES string of the molecule is Nc1nc2c(c(=O)[nH]1)NCN2C1CC(COP(=O)(O)Oc2ccc(F)cc2)C1CO. The van der Waals surface area contributed by atoms with Crippen LogP contribution in [0.25, 0.3) is 0 Å². The average Bonchev–Trinajstić information content (AvgIpc) is 3.06. The van der Waals surface area contributed by atoms with Gasteiger partial charge in [-0.1, -0.05) is 0 Å². The van der Waals surface area contributed by atoms with Crippen molar-refractivity contribution in [2.24, 2.45) is 11.8 Å². The highest BCUT2D eigenvalue weighted by Crippen LogP contribution is 2.48. The Morgan fingerprint density at radius 1 is 1.37 bits per heavy atom. The summed E-state index contributed by atoms with van der Waals surface area (Å²) in [5.41, 5.74) is 5.57. The van der Waals surface area contributed by atoms with Gasteiger partial charge >= 0.3 is 7.82 Å². The van der Waals surface area contributed by atoms with Crippen molar-refractivity contribution in [1.29, 1.82) is 0 Å². The summed E-state index contributed by atoms with van der Waals surface area (Å²) in [4.78, 5) is 30.3. The van der Waals surface area contributed by atoms with Crippen molar-refractivity contribution in [3.63, 3.8) is 0 Å². The van der Waals surface area contributed by atoms with Crippen LogP contribution in [0, 0.1) is 17.7 Å². The van der Waals surface area contributed by atoms with Crippen LogP contribution in [0.4, 0.5) is 21.8 Å². The van der Waals surface area contributed by atoms with E-state index >= 15 is 0 Å². The number of aromatic amines is 1. The van der Waals surface area contributed by atoms with E-state index in [2.05, 4.69) is 15.3 Å². The van der Waals surface area contributed by atoms with Crippen molar-refractivity contribution in [2.45, 2.75) is 12.5 Å². The number of fused-ring (bicyclic) bond motifs is 1. The Balaban J connectivity index is 1.38. The van der Waals surface area contributed by atoms with E-state index in [-0.39, 0.29) is 48.3 Å². The molecule has 162 valence electrons. The number of hydrogen-bond donors (Lipinski definition) is 5. The van der Waals surface area contributed by atoms with Gasteiger partial charge in [-0.25, -0.2) is 8.96 Å². The molecule has 2 heterocycles. The Kier molecular flexibility index (Phi) is 5.41. The van der Waals surface area contributed by atoms with Gasteiger partial charge in [-0.15, -0.1) is 0 Å². The van der Waals surface area contributed by atoms with Gasteiger partial charge < -0.3 is 25.6 Å². The van der Waals surface area contributed by atoms with Gasteiger partial charge in [-0.05, 0) is 36.6 Å². The van der Waals surface area contributed by atoms with Crippen LogP contribution >= 0.6 is 7.82 Å². The summed E-state index contributed by atoms with van der Waals surface area (Å²) in [6, 6.07) is 4.48. The van der Waals surface area contributed by atoms with E-state index in [1.54, 1.807) is 0 Å². The van der Waals surface area contributed by atoms with Crippen molar-refractivity contribution in [3.05, 3.63) is 40.4 Å². The molecule has 1 saturated carbocycles. The molecule has 4 atom stereocenters. The first-order valence-corrected chi connectivity index (χ1v) is 10.7. The molecule has 0 radical (unpaired) electrons. The summed E-state index contributed by atoms with van der Waals surface area (Å²) in [6.45, 7) is 0.0310. The van der Waals surface area contributed by atoms with Crippen LogP contribution in [0.5, 0.6) is 5.75 Å². The van der Waals surface area contributed by atoms with Crippen LogP contribution in [0.1, 0.15) is 6.42 Å². The number of benzene rings is 1. The normalized spacial score (nSPS) is 24.5. The van der Waals surface area contributed by atoms with Crippen molar-refractivity contribution in [2.75, 3.05) is 35.8 Å². The molecule has 0 spiro atoms. The average molecular weight is 441 g/mol. The Morgan fingerprint density at radius 2 is 2.10 bits per heavy atom. The smallest absolute Gasteiger partial charge is 0.404 e. The molecule has 1 aliphatic carbocycles. The molecule has 1 fully saturated rings. The minimum absolute atomic E-state index is 0.000982. The molecule has 6 N–H and O–H groups in total. The molecule has 30 heavy (non-hydrogen) atoms. The molecule has 2 aliphatic rings. The quantitative estimate of drug-likeness (QED) is 0.390. The van der Waals surface area contributed by atoms with Gasteiger partial charge in [0.25, 0.3) is 5.56 Å². The van der Waals surface area contributed by atoms with Crippen molar-refractivity contribution in [1.82, 2.24) is 9.97 Å². The van der Waals surface area contributed by atoms with Gasteiger partial charge in [-0.3, -0.25) is 19.2 Å². The zero-order chi connectivity index (χ0) is 21.5. The second-order valence-electron chi connectivity index (χ2n) is 7.17. The second kappa shape index (κ2) is 7.88. The molecule has 2 aromatic rings. The van der Waals surface area contributed by atoms with Crippen LogP contribution in [0.2, 0.25) is 0 Å². The van der Waals surface area contributed by atoms with Gasteiger partial charge in [0.2, 0.25) is 5.95 Å². The van der Waals surface area contributed by atoms with Gasteiger partial charge in [0.15, 0.2) is 5.82 Å². The number of halogens is 1. The lowest BCUT2D eigenvalue weighted by Gasteiger charge is -2.48. The van der Waals surface area contributed by atoms with Crippen molar-refractivity contribution < 1.29 is 28.0 Å². The van der Waals surface area contributed by atoms with Gasteiger partial charge in [-0.2, -0.15) is 4.98 Å². The number of anilines is 3. The van der Waals surface area contributed by atoms with E-state index in [1.807, 2.05) is 4.90 Å². The van der Waals surface area contributed by atoms with Crippen LogP contribution in [-0.4, -0.2) is 45.9 Å². The first kappa shape index (κ1) is 20.6. The topological polar surface area (TPSA) is 163 Å². The molecule has 0 saturated heterocycles. The minimum atomic E-state index is -4.42. The molecular weight excluding hydrogens is 420 g/mol. The molecule has 1 aromatic carbocycles. The molecule has 13 heteroatoms. The zero-order valence-electron chi connectivity index (χ0n) is 15.7. The fraction of sp³-hybridized carbons (Fsp3) is 0.412. The molecule has 0 bridgehead atoms. The highest BCUT2D eigenvalue weighted by atomic mass is 31.2. The predicted octanol–water partition coefficient (Wildman–Crippen LogP) is 0.874. The summed E-state index contributed by atoms with van der Waals surface area (Å²) in [7, 11) is -4.42. The molecule has 4 unspecified atom stereocenters. The van der Waals surface area contributed by atoms with Crippen molar-refractivity contribution >= 4 is 25.3 Å². The number of aliphatic hydroxyl groups is 1. The summed E-state index contributed by atoms with van der Waals surface area (Å²) in [5.74, 6) is -0.580. The van der Waals surface area contributed by atoms with Crippen molar-refractivity contribution in [3.8, 4) is 5.75 Å². The number of nitrogens with two attached hydrogens (primary N) is 1. The molecule has 1 aliphatic heterocycles. The Hall–Kier alpha value is -2.66. The van der Waals surface area contributed by atoms with Gasteiger partial charge in [0, 0.05) is 18.6 Å². The fourth-order valence-electron chi connectivity index (χ4n) is 3.80. The molecule has 11 nitrogen and oxygen atoms in total. The van der Waals surface area contributed by atoms with Crippen LogP contribution in [-0.2, 0) is 9.09 Å². The van der Waals surface area contributed by atoms with E-state index in [4.69, 9.17) is 14.8 Å². The number of phosphoric acid groups is 1. The number of nitrogens with one attached hydrogen (secondary N) is 2. The summed E-state index contributed by atoms with van der Waals surface area (Å²) in [6.07, 6.45) is 0.539. The maximum atomic E-state index is 12.9. The van der Waals surface area contributed by atoms with E-state index in [0.717, 1.165) is 12.1 Å². The van der Waals surface area contributed by atoms with Gasteiger partial charge in [0.1, 0.15) is 17.3 Å². The van der Waals surface area contributed by atoms with Crippen LogP contribution in [0.15, 0.2) is 29.1 Å². The number of hydrogen-bond acceptors (Lipinski definition) is 9. The third-order valence-electron chi connectivity index (χ3n) is 5.36. The molecule has 1 aromatic heterocycles. The number of H-pyrrole nitrogens is 1. The maximum absolute atomic E-state index is 12.9. The number of phosphoric ester groups is 1. The third kappa shape index (κ3) is 3.99. The zero-order valence-corrected chi connectivity index (χ0v) is 16.6. The summed E-state index contributed by atoms with van der Waals surface area (Å²) < 4.78 is 35.1. The summed E-state index contributed by atoms with van der Waals surface area (Å²) in [5, 5.41) is 12.8.